The van der Waals surface area contributed by atoms with Crippen molar-refractivity contribution >= 4 is 11.7 Å². The minimum Gasteiger partial charge on any atom is -0.377 e. The molecule has 0 radical (unpaired) electrons. The molecule has 0 saturated carbocycles. The fourth-order valence-corrected chi connectivity index (χ4v) is 2.75. The normalized spacial score (nSPS) is 21.6. The van der Waals surface area contributed by atoms with E-state index in [9.17, 15) is 4.79 Å². The van der Waals surface area contributed by atoms with Gasteiger partial charge in [0.15, 0.2) is 0 Å². The van der Waals surface area contributed by atoms with Gasteiger partial charge in [-0.1, -0.05) is 6.08 Å². The van der Waals surface area contributed by atoms with E-state index in [0.717, 1.165) is 18.7 Å². The zero-order chi connectivity index (χ0) is 14.5. The van der Waals surface area contributed by atoms with Crippen molar-refractivity contribution in [3.63, 3.8) is 0 Å². The van der Waals surface area contributed by atoms with Crippen LogP contribution in [-0.4, -0.2) is 34.9 Å². The first-order valence-electron chi connectivity index (χ1n) is 7.19. The van der Waals surface area contributed by atoms with E-state index < -0.39 is 0 Å². The molecule has 110 valence electrons. The summed E-state index contributed by atoms with van der Waals surface area (Å²) in [4.78, 5) is 14.3. The van der Waals surface area contributed by atoms with Crippen molar-refractivity contribution in [2.24, 2.45) is 0 Å². The Hall–Kier alpha value is -1.62. The van der Waals surface area contributed by atoms with E-state index in [2.05, 4.69) is 25.5 Å². The van der Waals surface area contributed by atoms with E-state index in [1.54, 1.807) is 12.3 Å². The SMILES string of the molecule is C=CCOCCCC(=O)N1c2ccnn2C(C)CC1C. The van der Waals surface area contributed by atoms with E-state index >= 15 is 0 Å². The summed E-state index contributed by atoms with van der Waals surface area (Å²) in [6.45, 7) is 8.96. The molecule has 0 bridgehead atoms. The summed E-state index contributed by atoms with van der Waals surface area (Å²) < 4.78 is 7.25. The smallest absolute Gasteiger partial charge is 0.228 e. The highest BCUT2D eigenvalue weighted by Gasteiger charge is 2.31. The number of aromatic nitrogens is 2. The Labute approximate surface area is 120 Å². The van der Waals surface area contributed by atoms with Crippen molar-refractivity contribution in [1.82, 2.24) is 9.78 Å². The lowest BCUT2D eigenvalue weighted by molar-refractivity contribution is -0.119. The number of hydrogen-bond donors (Lipinski definition) is 0. The number of ether oxygens (including phenoxy) is 1. The van der Waals surface area contributed by atoms with Crippen LogP contribution in [0.15, 0.2) is 24.9 Å². The van der Waals surface area contributed by atoms with Gasteiger partial charge in [-0.25, -0.2) is 4.68 Å². The van der Waals surface area contributed by atoms with Gasteiger partial charge in [-0.3, -0.25) is 9.69 Å². The van der Waals surface area contributed by atoms with Crippen LogP contribution in [0.3, 0.4) is 0 Å². The first-order valence-corrected chi connectivity index (χ1v) is 7.19. The minimum absolute atomic E-state index is 0.147. The molecule has 1 aromatic heterocycles. The predicted molar refractivity (Wildman–Crippen MR) is 78.8 cm³/mol. The van der Waals surface area contributed by atoms with Gasteiger partial charge in [0.25, 0.3) is 0 Å². The fraction of sp³-hybridized carbons (Fsp3) is 0.600. The molecule has 5 heteroatoms. The predicted octanol–water partition coefficient (Wildman–Crippen LogP) is 2.55. The Balaban J connectivity index is 1.96. The van der Waals surface area contributed by atoms with Gasteiger partial charge >= 0.3 is 0 Å². The second kappa shape index (κ2) is 6.70. The number of fused-ring (bicyclic) bond motifs is 1. The summed E-state index contributed by atoms with van der Waals surface area (Å²) in [5, 5.41) is 4.31. The van der Waals surface area contributed by atoms with E-state index in [1.807, 2.05) is 15.6 Å². The van der Waals surface area contributed by atoms with Gasteiger partial charge < -0.3 is 4.74 Å². The summed E-state index contributed by atoms with van der Waals surface area (Å²) >= 11 is 0. The highest BCUT2D eigenvalue weighted by atomic mass is 16.5. The van der Waals surface area contributed by atoms with Crippen LogP contribution in [0.4, 0.5) is 5.82 Å². The summed E-state index contributed by atoms with van der Waals surface area (Å²) in [5.74, 6) is 1.06. The van der Waals surface area contributed by atoms with Gasteiger partial charge in [0.2, 0.25) is 5.91 Å². The Morgan fingerprint density at radius 3 is 3.10 bits per heavy atom. The van der Waals surface area contributed by atoms with Crippen LogP contribution < -0.4 is 4.90 Å². The average molecular weight is 277 g/mol. The van der Waals surface area contributed by atoms with E-state index in [1.165, 1.54) is 0 Å². The van der Waals surface area contributed by atoms with Crippen molar-refractivity contribution < 1.29 is 9.53 Å². The maximum Gasteiger partial charge on any atom is 0.228 e. The Morgan fingerprint density at radius 1 is 1.55 bits per heavy atom. The van der Waals surface area contributed by atoms with Crippen molar-refractivity contribution in [1.29, 1.82) is 0 Å². The molecule has 2 heterocycles. The molecule has 0 saturated heterocycles. The Kier molecular flexibility index (Phi) is 4.95. The Bertz CT molecular complexity index is 469. The monoisotopic (exact) mass is 277 g/mol. The van der Waals surface area contributed by atoms with Crippen molar-refractivity contribution in [3.8, 4) is 0 Å². The van der Waals surface area contributed by atoms with Crippen LogP contribution in [0, 0.1) is 0 Å². The minimum atomic E-state index is 0.147. The van der Waals surface area contributed by atoms with Crippen molar-refractivity contribution in [3.05, 3.63) is 24.9 Å². The number of amides is 1. The molecule has 1 aromatic rings. The summed E-state index contributed by atoms with van der Waals surface area (Å²) in [6.07, 6.45) is 5.65. The molecule has 0 aliphatic carbocycles. The summed E-state index contributed by atoms with van der Waals surface area (Å²) in [6, 6.07) is 2.48. The lowest BCUT2D eigenvalue weighted by Crippen LogP contribution is -2.44. The Morgan fingerprint density at radius 2 is 2.35 bits per heavy atom. The van der Waals surface area contributed by atoms with Crippen molar-refractivity contribution in [2.75, 3.05) is 18.1 Å². The average Bonchev–Trinajstić information content (AvgIpc) is 2.88. The largest absolute Gasteiger partial charge is 0.377 e. The summed E-state index contributed by atoms with van der Waals surface area (Å²) in [5.41, 5.74) is 0. The standard InChI is InChI=1S/C15H23N3O2/c1-4-9-20-10-5-6-15(19)17-12(2)11-13(3)18-14(17)7-8-16-18/h4,7-8,12-13H,1,5-6,9-11H2,2-3H3. The lowest BCUT2D eigenvalue weighted by atomic mass is 10.0. The van der Waals surface area contributed by atoms with Crippen LogP contribution >= 0.6 is 0 Å². The molecule has 1 aliphatic rings. The third-order valence-electron chi connectivity index (χ3n) is 3.62. The highest BCUT2D eigenvalue weighted by molar-refractivity contribution is 5.93. The summed E-state index contributed by atoms with van der Waals surface area (Å²) in [7, 11) is 0. The number of carbonyl (C=O) groups excluding carboxylic acids is 1. The first kappa shape index (κ1) is 14.8. The molecule has 0 spiro atoms. The van der Waals surface area contributed by atoms with Gasteiger partial charge in [0, 0.05) is 25.1 Å². The number of carbonyl (C=O) groups is 1. The topological polar surface area (TPSA) is 47.4 Å². The van der Waals surface area contributed by atoms with E-state index in [0.29, 0.717) is 25.7 Å². The molecule has 2 rings (SSSR count). The maximum absolute atomic E-state index is 12.4. The third-order valence-corrected chi connectivity index (χ3v) is 3.62. The van der Waals surface area contributed by atoms with E-state index in [-0.39, 0.29) is 11.9 Å². The number of nitrogens with zero attached hydrogens (tertiary/aromatic N) is 3. The molecule has 2 atom stereocenters. The molecule has 1 aliphatic heterocycles. The fourth-order valence-electron chi connectivity index (χ4n) is 2.75. The van der Waals surface area contributed by atoms with E-state index in [4.69, 9.17) is 4.74 Å². The molecule has 0 fully saturated rings. The van der Waals surface area contributed by atoms with Gasteiger partial charge in [-0.15, -0.1) is 6.58 Å². The van der Waals surface area contributed by atoms with Crippen LogP contribution in [0.5, 0.6) is 0 Å². The van der Waals surface area contributed by atoms with Crippen molar-refractivity contribution in [2.45, 2.75) is 45.2 Å². The molecular formula is C15H23N3O2. The zero-order valence-corrected chi connectivity index (χ0v) is 12.3. The van der Waals surface area contributed by atoms with Crippen LogP contribution in [0.1, 0.15) is 39.2 Å². The maximum atomic E-state index is 12.4. The number of hydrogen-bond acceptors (Lipinski definition) is 3. The molecule has 1 amide bonds. The number of rotatable bonds is 6. The quantitative estimate of drug-likeness (QED) is 0.593. The third kappa shape index (κ3) is 3.10. The van der Waals surface area contributed by atoms with Gasteiger partial charge in [-0.05, 0) is 26.7 Å². The van der Waals surface area contributed by atoms with Crippen LogP contribution in [0.25, 0.3) is 0 Å². The van der Waals surface area contributed by atoms with Gasteiger partial charge in [-0.2, -0.15) is 5.10 Å². The van der Waals surface area contributed by atoms with Crippen LogP contribution in [-0.2, 0) is 9.53 Å². The molecule has 2 unspecified atom stereocenters. The lowest BCUT2D eigenvalue weighted by Gasteiger charge is -2.37. The molecule has 5 nitrogen and oxygen atoms in total. The zero-order valence-electron chi connectivity index (χ0n) is 12.3. The second-order valence-corrected chi connectivity index (χ2v) is 5.30. The molecule has 20 heavy (non-hydrogen) atoms. The molecular weight excluding hydrogens is 254 g/mol. The number of anilines is 1. The molecule has 0 aromatic carbocycles. The van der Waals surface area contributed by atoms with Crippen LogP contribution in [0.2, 0.25) is 0 Å². The second-order valence-electron chi connectivity index (χ2n) is 5.30. The van der Waals surface area contributed by atoms with Gasteiger partial charge in [0.05, 0.1) is 18.8 Å². The van der Waals surface area contributed by atoms with Gasteiger partial charge in [0.1, 0.15) is 5.82 Å². The highest BCUT2D eigenvalue weighted by Crippen LogP contribution is 2.31. The first-order chi connectivity index (χ1) is 9.65. The molecule has 0 N–H and O–H groups in total.